The Bertz CT molecular complexity index is 1060. The number of esters is 1. The Morgan fingerprint density at radius 1 is 0.686 bits per heavy atom. The largest absolute Gasteiger partial charge is 0.494 e. The Labute approximate surface area is 202 Å². The molecule has 2 fully saturated rings. The summed E-state index contributed by atoms with van der Waals surface area (Å²) in [6, 6.07) is 5.67. The van der Waals surface area contributed by atoms with Crippen molar-refractivity contribution in [3.8, 4) is 5.75 Å². The number of rotatable bonds is 6. The third-order valence-corrected chi connectivity index (χ3v) is 7.46. The molecule has 8 heteroatoms. The number of halogens is 4. The normalized spacial score (nSPS) is 24.7. The van der Waals surface area contributed by atoms with E-state index in [0.29, 0.717) is 36.8 Å². The first-order valence-electron chi connectivity index (χ1n) is 12.1. The van der Waals surface area contributed by atoms with Gasteiger partial charge in [-0.25, -0.2) is 18.0 Å². The molecule has 190 valence electrons. The van der Waals surface area contributed by atoms with Gasteiger partial charge in [0.2, 0.25) is 5.82 Å². The van der Waals surface area contributed by atoms with Crippen LogP contribution in [0.3, 0.4) is 0 Å². The number of methoxy groups -OCH3 is 2. The van der Waals surface area contributed by atoms with E-state index in [1.54, 1.807) is 19.2 Å². The van der Waals surface area contributed by atoms with Gasteiger partial charge in [-0.05, 0) is 86.5 Å². The van der Waals surface area contributed by atoms with E-state index in [2.05, 4.69) is 0 Å². The molecule has 0 N–H and O–H groups in total. The SMILES string of the molecule is COc1ccc(C(=O)OC2CCC(c3ccc(C4CCC(OC)CC4)c(F)c3F)CC2)c(F)c1F. The van der Waals surface area contributed by atoms with Gasteiger partial charge in [0, 0.05) is 7.11 Å². The van der Waals surface area contributed by atoms with Crippen LogP contribution in [0.4, 0.5) is 17.6 Å². The number of carbonyl (C=O) groups is 1. The highest BCUT2D eigenvalue weighted by Crippen LogP contribution is 2.40. The zero-order valence-electron chi connectivity index (χ0n) is 19.9. The van der Waals surface area contributed by atoms with Crippen LogP contribution in [0, 0.1) is 23.3 Å². The van der Waals surface area contributed by atoms with Crippen LogP contribution in [-0.2, 0) is 9.47 Å². The maximum Gasteiger partial charge on any atom is 0.341 e. The fourth-order valence-electron chi connectivity index (χ4n) is 5.37. The second-order valence-corrected chi connectivity index (χ2v) is 9.40. The molecule has 0 unspecified atom stereocenters. The minimum Gasteiger partial charge on any atom is -0.494 e. The molecule has 2 aromatic carbocycles. The summed E-state index contributed by atoms with van der Waals surface area (Å²) in [4.78, 5) is 12.4. The first kappa shape index (κ1) is 25.5. The second kappa shape index (κ2) is 11.0. The van der Waals surface area contributed by atoms with Crippen molar-refractivity contribution in [1.82, 2.24) is 0 Å². The molecule has 0 aromatic heterocycles. The van der Waals surface area contributed by atoms with Crippen LogP contribution < -0.4 is 4.74 Å². The highest BCUT2D eigenvalue weighted by atomic mass is 19.2. The molecule has 2 aromatic rings. The molecule has 2 saturated carbocycles. The Morgan fingerprint density at radius 2 is 1.20 bits per heavy atom. The number of hydrogen-bond acceptors (Lipinski definition) is 4. The topological polar surface area (TPSA) is 44.8 Å². The number of ether oxygens (including phenoxy) is 3. The minimum atomic E-state index is -1.32. The van der Waals surface area contributed by atoms with E-state index in [4.69, 9.17) is 14.2 Å². The highest BCUT2D eigenvalue weighted by molar-refractivity contribution is 5.90. The standard InChI is InChI=1S/C27H30F4O4/c1-33-17-7-3-15(4-8-17)19-11-12-20(24(29)23(19)28)16-5-9-18(10-6-16)35-27(32)21-13-14-22(34-2)26(31)25(21)30/h11-18H,3-10H2,1-2H3. The van der Waals surface area contributed by atoms with Crippen LogP contribution in [0.1, 0.15) is 84.7 Å². The summed E-state index contributed by atoms with van der Waals surface area (Å²) in [7, 11) is 2.87. The fourth-order valence-corrected chi connectivity index (χ4v) is 5.37. The Hall–Kier alpha value is -2.61. The van der Waals surface area contributed by atoms with E-state index in [-0.39, 0.29) is 23.7 Å². The molecule has 0 atom stereocenters. The van der Waals surface area contributed by atoms with Gasteiger partial charge in [-0.3, -0.25) is 0 Å². The summed E-state index contributed by atoms with van der Waals surface area (Å²) in [6.07, 6.45) is 4.69. The molecule has 0 bridgehead atoms. The lowest BCUT2D eigenvalue weighted by atomic mass is 9.79. The van der Waals surface area contributed by atoms with Gasteiger partial charge in [0.05, 0.1) is 18.8 Å². The first-order chi connectivity index (χ1) is 16.8. The Kier molecular flexibility index (Phi) is 7.99. The molecule has 0 saturated heterocycles. The molecule has 0 aliphatic heterocycles. The van der Waals surface area contributed by atoms with E-state index in [1.807, 2.05) is 0 Å². The van der Waals surface area contributed by atoms with Gasteiger partial charge in [0.1, 0.15) is 6.10 Å². The molecule has 4 nitrogen and oxygen atoms in total. The smallest absolute Gasteiger partial charge is 0.341 e. The van der Waals surface area contributed by atoms with Gasteiger partial charge in [-0.1, -0.05) is 12.1 Å². The predicted molar refractivity (Wildman–Crippen MR) is 122 cm³/mol. The van der Waals surface area contributed by atoms with Gasteiger partial charge >= 0.3 is 5.97 Å². The third kappa shape index (κ3) is 5.32. The lowest BCUT2D eigenvalue weighted by Gasteiger charge is -2.30. The van der Waals surface area contributed by atoms with E-state index >= 15 is 4.39 Å². The molecular weight excluding hydrogens is 464 g/mol. The molecule has 2 aliphatic carbocycles. The van der Waals surface area contributed by atoms with Crippen LogP contribution in [0.25, 0.3) is 0 Å². The maximum absolute atomic E-state index is 15.0. The van der Waals surface area contributed by atoms with Crippen molar-refractivity contribution in [2.24, 2.45) is 0 Å². The van der Waals surface area contributed by atoms with Crippen LogP contribution in [0.5, 0.6) is 5.75 Å². The lowest BCUT2D eigenvalue weighted by Crippen LogP contribution is -2.25. The summed E-state index contributed by atoms with van der Waals surface area (Å²) in [5.41, 5.74) is 0.260. The van der Waals surface area contributed by atoms with E-state index in [1.165, 1.54) is 7.11 Å². The van der Waals surface area contributed by atoms with E-state index in [0.717, 1.165) is 37.8 Å². The van der Waals surface area contributed by atoms with Gasteiger partial charge in [0.25, 0.3) is 0 Å². The van der Waals surface area contributed by atoms with Crippen LogP contribution in [0.15, 0.2) is 24.3 Å². The van der Waals surface area contributed by atoms with Crippen molar-refractivity contribution in [3.05, 3.63) is 64.2 Å². The van der Waals surface area contributed by atoms with Crippen molar-refractivity contribution in [1.29, 1.82) is 0 Å². The van der Waals surface area contributed by atoms with Gasteiger partial charge < -0.3 is 14.2 Å². The Morgan fingerprint density at radius 3 is 1.69 bits per heavy atom. The molecule has 0 spiro atoms. The van der Waals surface area contributed by atoms with Gasteiger partial charge in [-0.2, -0.15) is 4.39 Å². The average Bonchev–Trinajstić information content (AvgIpc) is 2.88. The number of hydrogen-bond donors (Lipinski definition) is 0. The van der Waals surface area contributed by atoms with Crippen molar-refractivity contribution in [2.45, 2.75) is 75.4 Å². The van der Waals surface area contributed by atoms with Crippen molar-refractivity contribution in [2.75, 3.05) is 14.2 Å². The predicted octanol–water partition coefficient (Wildman–Crippen LogP) is 6.81. The quantitative estimate of drug-likeness (QED) is 0.327. The molecule has 0 radical (unpaired) electrons. The fraction of sp³-hybridized carbons (Fsp3) is 0.519. The molecule has 35 heavy (non-hydrogen) atoms. The summed E-state index contributed by atoms with van der Waals surface area (Å²) >= 11 is 0. The second-order valence-electron chi connectivity index (χ2n) is 9.40. The van der Waals surface area contributed by atoms with Crippen molar-refractivity contribution in [3.63, 3.8) is 0 Å². The van der Waals surface area contributed by atoms with Crippen molar-refractivity contribution >= 4 is 5.97 Å². The molecule has 0 amide bonds. The van der Waals surface area contributed by atoms with Crippen LogP contribution in [0.2, 0.25) is 0 Å². The zero-order valence-corrected chi connectivity index (χ0v) is 19.9. The molecular formula is C27H30F4O4. The average molecular weight is 495 g/mol. The van der Waals surface area contributed by atoms with Gasteiger partial charge in [0.15, 0.2) is 23.2 Å². The molecule has 0 heterocycles. The van der Waals surface area contributed by atoms with Crippen LogP contribution in [-0.4, -0.2) is 32.4 Å². The summed E-state index contributed by atoms with van der Waals surface area (Å²) in [6.45, 7) is 0. The number of benzene rings is 2. The first-order valence-corrected chi connectivity index (χ1v) is 12.1. The lowest BCUT2D eigenvalue weighted by molar-refractivity contribution is 0.0188. The third-order valence-electron chi connectivity index (χ3n) is 7.46. The molecule has 4 rings (SSSR count). The Balaban J connectivity index is 1.37. The zero-order chi connectivity index (χ0) is 25.1. The van der Waals surface area contributed by atoms with E-state index in [9.17, 15) is 18.0 Å². The molecule has 2 aliphatic rings. The van der Waals surface area contributed by atoms with Crippen LogP contribution >= 0.6 is 0 Å². The minimum absolute atomic E-state index is 0.0108. The van der Waals surface area contributed by atoms with E-state index < -0.39 is 40.9 Å². The maximum atomic E-state index is 15.0. The summed E-state index contributed by atoms with van der Waals surface area (Å²) < 4.78 is 73.6. The van der Waals surface area contributed by atoms with Gasteiger partial charge in [-0.15, -0.1) is 0 Å². The summed E-state index contributed by atoms with van der Waals surface area (Å²) in [5.74, 6) is -5.62. The van der Waals surface area contributed by atoms with Crippen molar-refractivity contribution < 1.29 is 36.6 Å². The highest BCUT2D eigenvalue weighted by Gasteiger charge is 2.31. The monoisotopic (exact) mass is 494 g/mol. The number of carbonyl (C=O) groups excluding carboxylic acids is 1. The summed E-state index contributed by atoms with van der Waals surface area (Å²) in [5, 5.41) is 0.